The van der Waals surface area contributed by atoms with Crippen LogP contribution in [0.25, 0.3) is 10.8 Å². The number of hydrogen-bond acceptors (Lipinski definition) is 7. The highest BCUT2D eigenvalue weighted by Crippen LogP contribution is 2.41. The van der Waals surface area contributed by atoms with Crippen LogP contribution in [0.2, 0.25) is 0 Å². The summed E-state index contributed by atoms with van der Waals surface area (Å²) in [5.41, 5.74) is 2.01. The van der Waals surface area contributed by atoms with Crippen LogP contribution in [-0.2, 0) is 19.6 Å². The van der Waals surface area contributed by atoms with E-state index in [0.717, 1.165) is 16.5 Å². The molecule has 2 aliphatic rings. The van der Waals surface area contributed by atoms with Crippen molar-refractivity contribution in [3.05, 3.63) is 54.1 Å². The highest BCUT2D eigenvalue weighted by atomic mass is 32.2. The standard InChI is InChI=1S/C29H33N3O7S/c1-37-16-6-15-32-24-12-11-23(21-8-4-9-22(27(21)24)29(32)34)30-28(33)19-7-5-14-31(18-19)40(35,36)20-10-13-25(38-2)26(17-20)39-3/h4,8-13,17,19H,5-7,14-16,18H2,1-3H3,(H,30,33). The Hall–Kier alpha value is -3.67. The number of rotatable bonds is 10. The van der Waals surface area contributed by atoms with E-state index in [1.807, 2.05) is 24.3 Å². The summed E-state index contributed by atoms with van der Waals surface area (Å²) < 4.78 is 43.9. The van der Waals surface area contributed by atoms with Gasteiger partial charge in [-0.05, 0) is 49.6 Å². The van der Waals surface area contributed by atoms with E-state index in [9.17, 15) is 18.0 Å². The first kappa shape index (κ1) is 27.9. The lowest BCUT2D eigenvalue weighted by Crippen LogP contribution is -2.43. The van der Waals surface area contributed by atoms with Gasteiger partial charge in [0, 0.05) is 61.4 Å². The number of carbonyl (C=O) groups is 2. The second-order valence-corrected chi connectivity index (χ2v) is 11.8. The minimum Gasteiger partial charge on any atom is -0.493 e. The lowest BCUT2D eigenvalue weighted by atomic mass is 9.98. The fourth-order valence-electron chi connectivity index (χ4n) is 5.48. The van der Waals surface area contributed by atoms with Gasteiger partial charge in [-0.1, -0.05) is 12.1 Å². The van der Waals surface area contributed by atoms with Crippen molar-refractivity contribution in [2.75, 3.05) is 57.8 Å². The van der Waals surface area contributed by atoms with Crippen molar-refractivity contribution in [2.45, 2.75) is 24.2 Å². The fraction of sp³-hybridized carbons (Fsp3) is 0.379. The average Bonchev–Trinajstić information content (AvgIpc) is 3.25. The first-order valence-corrected chi connectivity index (χ1v) is 14.6. The summed E-state index contributed by atoms with van der Waals surface area (Å²) in [6.07, 6.45) is 1.83. The molecule has 10 nitrogen and oxygen atoms in total. The van der Waals surface area contributed by atoms with E-state index in [2.05, 4.69) is 5.32 Å². The SMILES string of the molecule is COCCCN1C(=O)c2cccc3c(NC(=O)C4CCCN(S(=O)(=O)c5ccc(OC)c(OC)c5)C4)ccc1c23. The first-order valence-electron chi connectivity index (χ1n) is 13.2. The number of benzene rings is 3. The Morgan fingerprint density at radius 2 is 1.85 bits per heavy atom. The highest BCUT2D eigenvalue weighted by Gasteiger charge is 2.35. The van der Waals surface area contributed by atoms with Crippen LogP contribution < -0.4 is 19.7 Å². The Balaban J connectivity index is 1.35. The molecule has 0 bridgehead atoms. The smallest absolute Gasteiger partial charge is 0.258 e. The van der Waals surface area contributed by atoms with Crippen molar-refractivity contribution in [1.29, 1.82) is 0 Å². The number of hydrogen-bond donors (Lipinski definition) is 1. The monoisotopic (exact) mass is 567 g/mol. The van der Waals surface area contributed by atoms with Crippen LogP contribution in [0.3, 0.4) is 0 Å². The molecule has 1 N–H and O–H groups in total. The molecule has 11 heteroatoms. The zero-order valence-corrected chi connectivity index (χ0v) is 23.6. The van der Waals surface area contributed by atoms with Crippen LogP contribution >= 0.6 is 0 Å². The van der Waals surface area contributed by atoms with Crippen molar-refractivity contribution in [1.82, 2.24) is 4.31 Å². The summed E-state index contributed by atoms with van der Waals surface area (Å²) in [5, 5.41) is 4.60. The maximum Gasteiger partial charge on any atom is 0.258 e. The lowest BCUT2D eigenvalue weighted by molar-refractivity contribution is -0.120. The second kappa shape index (κ2) is 11.4. The molecular formula is C29H33N3O7S. The van der Waals surface area contributed by atoms with E-state index in [0.29, 0.717) is 61.7 Å². The van der Waals surface area contributed by atoms with Crippen LogP contribution in [-0.4, -0.2) is 72.1 Å². The number of nitrogens with zero attached hydrogens (tertiary/aromatic N) is 2. The normalized spacial score (nSPS) is 17.3. The van der Waals surface area contributed by atoms with Crippen molar-refractivity contribution < 1.29 is 32.2 Å². The molecule has 1 fully saturated rings. The van der Waals surface area contributed by atoms with Crippen molar-refractivity contribution in [3.63, 3.8) is 0 Å². The molecule has 3 aromatic carbocycles. The molecule has 1 saturated heterocycles. The van der Waals surface area contributed by atoms with Gasteiger partial charge in [-0.25, -0.2) is 8.42 Å². The minimum absolute atomic E-state index is 0.0650. The molecule has 0 spiro atoms. The molecule has 2 heterocycles. The van der Waals surface area contributed by atoms with Gasteiger partial charge in [0.25, 0.3) is 5.91 Å². The molecule has 1 unspecified atom stereocenters. The van der Waals surface area contributed by atoms with Crippen molar-refractivity contribution in [3.8, 4) is 11.5 Å². The third-order valence-electron chi connectivity index (χ3n) is 7.52. The van der Waals surface area contributed by atoms with Crippen molar-refractivity contribution >= 4 is 44.0 Å². The van der Waals surface area contributed by atoms with E-state index < -0.39 is 15.9 Å². The van der Waals surface area contributed by atoms with Gasteiger partial charge in [0.1, 0.15) is 0 Å². The fourth-order valence-corrected chi connectivity index (χ4v) is 7.02. The summed E-state index contributed by atoms with van der Waals surface area (Å²) in [4.78, 5) is 28.4. The van der Waals surface area contributed by atoms with Crippen molar-refractivity contribution in [2.24, 2.45) is 5.92 Å². The Morgan fingerprint density at radius 3 is 2.60 bits per heavy atom. The number of nitrogens with one attached hydrogen (secondary N) is 1. The Bertz CT molecular complexity index is 1560. The molecular weight excluding hydrogens is 534 g/mol. The number of anilines is 2. The van der Waals surface area contributed by atoms with Crippen LogP contribution in [0.15, 0.2) is 53.4 Å². The van der Waals surface area contributed by atoms with Gasteiger partial charge in [0.15, 0.2) is 11.5 Å². The maximum atomic E-state index is 13.4. The number of carbonyl (C=O) groups excluding carboxylic acids is 2. The van der Waals surface area contributed by atoms with Gasteiger partial charge in [-0.2, -0.15) is 4.31 Å². The maximum absolute atomic E-state index is 13.4. The van der Waals surface area contributed by atoms with Crippen LogP contribution in [0.4, 0.5) is 11.4 Å². The summed E-state index contributed by atoms with van der Waals surface area (Å²) in [7, 11) is 0.714. The molecule has 2 amide bonds. The topological polar surface area (TPSA) is 114 Å². The number of sulfonamides is 1. The Morgan fingerprint density at radius 1 is 1.05 bits per heavy atom. The molecule has 0 radical (unpaired) electrons. The van der Waals surface area contributed by atoms with E-state index >= 15 is 0 Å². The summed E-state index contributed by atoms with van der Waals surface area (Å²) in [6, 6.07) is 13.6. The third-order valence-corrected chi connectivity index (χ3v) is 9.38. The Labute approximate surface area is 233 Å². The zero-order chi connectivity index (χ0) is 28.4. The molecule has 212 valence electrons. The van der Waals surface area contributed by atoms with Crippen LogP contribution in [0.5, 0.6) is 11.5 Å². The molecule has 0 aliphatic carbocycles. The molecule has 2 aliphatic heterocycles. The highest BCUT2D eigenvalue weighted by molar-refractivity contribution is 7.89. The molecule has 40 heavy (non-hydrogen) atoms. The van der Waals surface area contributed by atoms with Crippen LogP contribution in [0, 0.1) is 5.92 Å². The van der Waals surface area contributed by atoms with E-state index in [1.54, 1.807) is 24.1 Å². The summed E-state index contributed by atoms with van der Waals surface area (Å²) in [5.74, 6) is -0.100. The third kappa shape index (κ3) is 5.00. The predicted octanol–water partition coefficient (Wildman–Crippen LogP) is 3.89. The molecule has 0 saturated carbocycles. The van der Waals surface area contributed by atoms with Gasteiger partial charge >= 0.3 is 0 Å². The van der Waals surface area contributed by atoms with E-state index in [1.165, 1.54) is 30.7 Å². The minimum atomic E-state index is -3.85. The number of methoxy groups -OCH3 is 3. The summed E-state index contributed by atoms with van der Waals surface area (Å²) >= 11 is 0. The number of ether oxygens (including phenoxy) is 3. The average molecular weight is 568 g/mol. The van der Waals surface area contributed by atoms with Crippen LogP contribution in [0.1, 0.15) is 29.6 Å². The predicted molar refractivity (Wildman–Crippen MR) is 152 cm³/mol. The molecule has 3 aromatic rings. The second-order valence-electron chi connectivity index (χ2n) is 9.87. The lowest BCUT2D eigenvalue weighted by Gasteiger charge is -2.31. The van der Waals surface area contributed by atoms with Gasteiger partial charge in [0.05, 0.1) is 30.7 Å². The largest absolute Gasteiger partial charge is 0.493 e. The van der Waals surface area contributed by atoms with Gasteiger partial charge in [-0.15, -0.1) is 0 Å². The Kier molecular flexibility index (Phi) is 7.97. The van der Waals surface area contributed by atoms with E-state index in [-0.39, 0.29) is 23.3 Å². The van der Waals surface area contributed by atoms with Gasteiger partial charge in [0.2, 0.25) is 15.9 Å². The van der Waals surface area contributed by atoms with Gasteiger partial charge in [-0.3, -0.25) is 9.59 Å². The zero-order valence-electron chi connectivity index (χ0n) is 22.8. The number of amides is 2. The molecule has 5 rings (SSSR count). The first-order chi connectivity index (χ1) is 19.3. The number of piperidine rings is 1. The molecule has 1 atom stereocenters. The summed E-state index contributed by atoms with van der Waals surface area (Å²) in [6.45, 7) is 1.48. The quantitative estimate of drug-likeness (QED) is 0.370. The molecule has 0 aromatic heterocycles. The van der Waals surface area contributed by atoms with E-state index in [4.69, 9.17) is 14.2 Å². The van der Waals surface area contributed by atoms with Gasteiger partial charge < -0.3 is 24.4 Å².